The van der Waals surface area contributed by atoms with Gasteiger partial charge in [0, 0.05) is 22.4 Å². The van der Waals surface area contributed by atoms with E-state index in [2.05, 4.69) is 31.4 Å². The fourth-order valence-corrected chi connectivity index (χ4v) is 2.44. The summed E-state index contributed by atoms with van der Waals surface area (Å²) in [4.78, 5) is 24.5. The summed E-state index contributed by atoms with van der Waals surface area (Å²) < 4.78 is 0. The number of rotatable bonds is 3. The van der Waals surface area contributed by atoms with Crippen LogP contribution in [0.4, 0.5) is 5.69 Å². The van der Waals surface area contributed by atoms with Gasteiger partial charge in [-0.2, -0.15) is 0 Å². The smallest absolute Gasteiger partial charge is 0.255 e. The Hall–Kier alpha value is -2.62. The minimum atomic E-state index is -0.299. The predicted octanol–water partition coefficient (Wildman–Crippen LogP) is 4.76. The standard InChI is InChI=1S/C22H28N2O2/c1-21(2,3)17-11-13-18(14-12-17)23-19(25)15-7-9-16(10-8-15)20(26)24-22(4,5)6/h7-14H,1-6H3,(H,23,25)(H,24,26). The van der Waals surface area contributed by atoms with Gasteiger partial charge in [-0.15, -0.1) is 0 Å². The molecule has 0 fully saturated rings. The van der Waals surface area contributed by atoms with E-state index in [0.717, 1.165) is 5.69 Å². The molecule has 0 saturated heterocycles. The van der Waals surface area contributed by atoms with Crippen LogP contribution in [-0.2, 0) is 5.41 Å². The molecule has 0 spiro atoms. The van der Waals surface area contributed by atoms with Gasteiger partial charge >= 0.3 is 0 Å². The highest BCUT2D eigenvalue weighted by molar-refractivity contribution is 6.05. The molecule has 2 aromatic carbocycles. The van der Waals surface area contributed by atoms with Crippen molar-refractivity contribution >= 4 is 17.5 Å². The zero-order valence-corrected chi connectivity index (χ0v) is 16.4. The molecule has 4 heteroatoms. The van der Waals surface area contributed by atoms with Crippen LogP contribution in [0.5, 0.6) is 0 Å². The van der Waals surface area contributed by atoms with Crippen molar-refractivity contribution in [3.8, 4) is 0 Å². The normalized spacial score (nSPS) is 11.8. The molecule has 0 heterocycles. The molecule has 0 unspecified atom stereocenters. The zero-order chi connectivity index (χ0) is 19.5. The van der Waals surface area contributed by atoms with Crippen LogP contribution in [0, 0.1) is 0 Å². The summed E-state index contributed by atoms with van der Waals surface area (Å²) in [6, 6.07) is 14.5. The topological polar surface area (TPSA) is 58.2 Å². The van der Waals surface area contributed by atoms with Crippen LogP contribution in [0.25, 0.3) is 0 Å². The second-order valence-corrected chi connectivity index (χ2v) is 8.56. The Balaban J connectivity index is 2.05. The Morgan fingerprint density at radius 2 is 1.15 bits per heavy atom. The number of carbonyl (C=O) groups excluding carboxylic acids is 2. The Morgan fingerprint density at radius 3 is 1.58 bits per heavy atom. The van der Waals surface area contributed by atoms with Crippen molar-refractivity contribution < 1.29 is 9.59 Å². The minimum absolute atomic E-state index is 0.0754. The average molecular weight is 352 g/mol. The number of benzene rings is 2. The minimum Gasteiger partial charge on any atom is -0.347 e. The van der Waals surface area contributed by atoms with Crippen LogP contribution >= 0.6 is 0 Å². The van der Waals surface area contributed by atoms with E-state index in [-0.39, 0.29) is 22.8 Å². The van der Waals surface area contributed by atoms with Crippen LogP contribution in [0.15, 0.2) is 48.5 Å². The van der Waals surface area contributed by atoms with Crippen molar-refractivity contribution in [2.45, 2.75) is 52.5 Å². The van der Waals surface area contributed by atoms with Crippen molar-refractivity contribution in [2.24, 2.45) is 0 Å². The number of carbonyl (C=O) groups is 2. The third-order valence-electron chi connectivity index (χ3n) is 3.91. The molecule has 0 atom stereocenters. The molecule has 2 N–H and O–H groups in total. The van der Waals surface area contributed by atoms with Crippen LogP contribution in [0.1, 0.15) is 67.8 Å². The fraction of sp³-hybridized carbons (Fsp3) is 0.364. The van der Waals surface area contributed by atoms with E-state index in [9.17, 15) is 9.59 Å². The first-order valence-corrected chi connectivity index (χ1v) is 8.80. The quantitative estimate of drug-likeness (QED) is 0.836. The highest BCUT2D eigenvalue weighted by Gasteiger charge is 2.16. The van der Waals surface area contributed by atoms with Gasteiger partial charge in [0.2, 0.25) is 0 Å². The number of hydrogen-bond acceptors (Lipinski definition) is 2. The summed E-state index contributed by atoms with van der Waals surface area (Å²) in [5, 5.41) is 5.79. The van der Waals surface area contributed by atoms with Gasteiger partial charge in [-0.05, 0) is 68.1 Å². The lowest BCUT2D eigenvalue weighted by Crippen LogP contribution is -2.40. The van der Waals surface area contributed by atoms with Gasteiger partial charge in [-0.1, -0.05) is 32.9 Å². The molecular weight excluding hydrogens is 324 g/mol. The van der Waals surface area contributed by atoms with Crippen molar-refractivity contribution in [1.29, 1.82) is 0 Å². The maximum absolute atomic E-state index is 12.4. The molecule has 0 aliphatic carbocycles. The molecule has 0 saturated carbocycles. The van der Waals surface area contributed by atoms with E-state index >= 15 is 0 Å². The van der Waals surface area contributed by atoms with E-state index < -0.39 is 0 Å². The molecular formula is C22H28N2O2. The maximum atomic E-state index is 12.4. The lowest BCUT2D eigenvalue weighted by atomic mass is 9.87. The first kappa shape index (κ1) is 19.7. The van der Waals surface area contributed by atoms with E-state index in [1.165, 1.54) is 5.56 Å². The van der Waals surface area contributed by atoms with Crippen molar-refractivity contribution in [3.05, 3.63) is 65.2 Å². The highest BCUT2D eigenvalue weighted by atomic mass is 16.2. The molecule has 4 nitrogen and oxygen atoms in total. The molecule has 26 heavy (non-hydrogen) atoms. The number of amides is 2. The van der Waals surface area contributed by atoms with E-state index in [0.29, 0.717) is 11.1 Å². The predicted molar refractivity (Wildman–Crippen MR) is 107 cm³/mol. The molecule has 2 amide bonds. The lowest BCUT2D eigenvalue weighted by Gasteiger charge is -2.20. The third kappa shape index (κ3) is 5.45. The number of anilines is 1. The highest BCUT2D eigenvalue weighted by Crippen LogP contribution is 2.23. The first-order valence-electron chi connectivity index (χ1n) is 8.80. The number of hydrogen-bond donors (Lipinski definition) is 2. The summed E-state index contributed by atoms with van der Waals surface area (Å²) in [5.74, 6) is -0.349. The summed E-state index contributed by atoms with van der Waals surface area (Å²) in [6.07, 6.45) is 0. The van der Waals surface area contributed by atoms with Crippen LogP contribution in [-0.4, -0.2) is 17.4 Å². The van der Waals surface area contributed by atoms with Crippen LogP contribution in [0.2, 0.25) is 0 Å². The summed E-state index contributed by atoms with van der Waals surface area (Å²) in [5.41, 5.74) is 2.78. The second-order valence-electron chi connectivity index (χ2n) is 8.56. The summed E-state index contributed by atoms with van der Waals surface area (Å²) in [7, 11) is 0. The molecule has 2 aromatic rings. The maximum Gasteiger partial charge on any atom is 0.255 e. The molecule has 0 aliphatic rings. The largest absolute Gasteiger partial charge is 0.347 e. The van der Waals surface area contributed by atoms with Crippen LogP contribution in [0.3, 0.4) is 0 Å². The molecule has 0 radical (unpaired) electrons. The molecule has 0 aromatic heterocycles. The van der Waals surface area contributed by atoms with Crippen LogP contribution < -0.4 is 10.6 Å². The van der Waals surface area contributed by atoms with E-state index in [4.69, 9.17) is 0 Å². The van der Waals surface area contributed by atoms with Crippen molar-refractivity contribution in [2.75, 3.05) is 5.32 Å². The Morgan fingerprint density at radius 1 is 0.692 bits per heavy atom. The summed E-state index contributed by atoms with van der Waals surface area (Å²) >= 11 is 0. The van der Waals surface area contributed by atoms with E-state index in [1.807, 2.05) is 45.0 Å². The van der Waals surface area contributed by atoms with Gasteiger partial charge < -0.3 is 10.6 Å². The third-order valence-corrected chi connectivity index (χ3v) is 3.91. The van der Waals surface area contributed by atoms with Gasteiger partial charge in [0.25, 0.3) is 11.8 Å². The van der Waals surface area contributed by atoms with Gasteiger partial charge in [0.15, 0.2) is 0 Å². The van der Waals surface area contributed by atoms with Crippen molar-refractivity contribution in [1.82, 2.24) is 5.32 Å². The number of nitrogens with one attached hydrogen (secondary N) is 2. The van der Waals surface area contributed by atoms with E-state index in [1.54, 1.807) is 24.3 Å². The molecule has 0 bridgehead atoms. The summed E-state index contributed by atoms with van der Waals surface area (Å²) in [6.45, 7) is 12.2. The van der Waals surface area contributed by atoms with Gasteiger partial charge in [0.05, 0.1) is 0 Å². The average Bonchev–Trinajstić information content (AvgIpc) is 2.53. The Labute approximate surface area is 156 Å². The fourth-order valence-electron chi connectivity index (χ4n) is 2.44. The van der Waals surface area contributed by atoms with Gasteiger partial charge in [-0.3, -0.25) is 9.59 Å². The Bertz CT molecular complexity index is 777. The lowest BCUT2D eigenvalue weighted by molar-refractivity contribution is 0.0918. The second kappa shape index (κ2) is 7.32. The van der Waals surface area contributed by atoms with Crippen molar-refractivity contribution in [3.63, 3.8) is 0 Å². The monoisotopic (exact) mass is 352 g/mol. The SMILES string of the molecule is CC(C)(C)NC(=O)c1ccc(C(=O)Nc2ccc(C(C)(C)C)cc2)cc1. The molecule has 2 rings (SSSR count). The Kier molecular flexibility index (Phi) is 5.55. The first-order chi connectivity index (χ1) is 12.0. The molecule has 0 aliphatic heterocycles. The molecule has 138 valence electrons. The van der Waals surface area contributed by atoms with Gasteiger partial charge in [0.1, 0.15) is 0 Å². The van der Waals surface area contributed by atoms with Gasteiger partial charge in [-0.25, -0.2) is 0 Å². The zero-order valence-electron chi connectivity index (χ0n) is 16.4.